The second-order valence-electron chi connectivity index (χ2n) is 10.4. The van der Waals surface area contributed by atoms with Crippen LogP contribution in [-0.2, 0) is 27.1 Å². The second-order valence-corrected chi connectivity index (χ2v) is 10.4. The predicted molar refractivity (Wildman–Crippen MR) is 134 cm³/mol. The molecule has 0 amide bonds. The van der Waals surface area contributed by atoms with Crippen molar-refractivity contribution in [1.29, 1.82) is 0 Å². The van der Waals surface area contributed by atoms with Crippen LogP contribution in [0, 0.1) is 11.8 Å². The van der Waals surface area contributed by atoms with Gasteiger partial charge in [0.25, 0.3) is 0 Å². The van der Waals surface area contributed by atoms with E-state index < -0.39 is 0 Å². The highest BCUT2D eigenvalue weighted by Crippen LogP contribution is 2.41. The van der Waals surface area contributed by atoms with Crippen LogP contribution in [0.2, 0.25) is 0 Å². The largest absolute Gasteiger partial charge is 0.488 e. The van der Waals surface area contributed by atoms with E-state index in [-0.39, 0.29) is 25.3 Å². The molecule has 3 aliphatic rings. The zero-order chi connectivity index (χ0) is 22.3. The quantitative estimate of drug-likeness (QED) is 0.418. The summed E-state index contributed by atoms with van der Waals surface area (Å²) in [5.74, 6) is 1.28. The van der Waals surface area contributed by atoms with E-state index in [4.69, 9.17) is 14.0 Å². The SMILES string of the molecule is c1ccc(CO[C@@H](Cc2ccccc2)B2O[C@H](C3CCCCC3)[C@@H](C3CCCCC3)O2)cc1. The van der Waals surface area contributed by atoms with Crippen molar-refractivity contribution in [1.82, 2.24) is 0 Å². The van der Waals surface area contributed by atoms with Crippen LogP contribution in [0.5, 0.6) is 0 Å². The molecule has 0 spiro atoms. The molecular weight excluding hydrogens is 407 g/mol. The zero-order valence-electron chi connectivity index (χ0n) is 19.9. The van der Waals surface area contributed by atoms with E-state index >= 15 is 0 Å². The highest BCUT2D eigenvalue weighted by Gasteiger charge is 2.50. The molecule has 176 valence electrons. The second kappa shape index (κ2) is 11.7. The van der Waals surface area contributed by atoms with Gasteiger partial charge in [-0.15, -0.1) is 0 Å². The van der Waals surface area contributed by atoms with Gasteiger partial charge in [0, 0.05) is 0 Å². The molecule has 0 N–H and O–H groups in total. The van der Waals surface area contributed by atoms with Gasteiger partial charge in [0.1, 0.15) is 0 Å². The summed E-state index contributed by atoms with van der Waals surface area (Å²) in [5.41, 5.74) is 2.47. The van der Waals surface area contributed by atoms with Crippen LogP contribution in [0.15, 0.2) is 60.7 Å². The first-order chi connectivity index (χ1) is 16.4. The molecule has 33 heavy (non-hydrogen) atoms. The Morgan fingerprint density at radius 3 is 1.67 bits per heavy atom. The molecule has 0 radical (unpaired) electrons. The minimum Gasteiger partial charge on any atom is -0.404 e. The van der Waals surface area contributed by atoms with Crippen LogP contribution in [0.4, 0.5) is 0 Å². The molecule has 3 nitrogen and oxygen atoms in total. The number of rotatable bonds is 8. The standard InChI is InChI=1S/C29H39BO3/c1-5-13-23(14-6-1)21-27(31-22-24-15-7-2-8-16-24)30-32-28(25-17-9-3-10-18-25)29(33-30)26-19-11-4-12-20-26/h1-2,5-8,13-16,25-29H,3-4,9-12,17-22H2/t27-,28+,29+/m0/s1. The summed E-state index contributed by atoms with van der Waals surface area (Å²) in [6, 6.07) is 21.0. The van der Waals surface area contributed by atoms with Crippen molar-refractivity contribution in [2.45, 2.75) is 95.4 Å². The molecule has 4 heteroatoms. The Balaban J connectivity index is 1.34. The lowest BCUT2D eigenvalue weighted by atomic mass is 9.77. The van der Waals surface area contributed by atoms with Gasteiger partial charge in [-0.05, 0) is 55.1 Å². The Bertz CT molecular complexity index is 791. The molecular formula is C29H39BO3. The normalized spacial score (nSPS) is 25.9. The van der Waals surface area contributed by atoms with E-state index in [0.29, 0.717) is 18.4 Å². The highest BCUT2D eigenvalue weighted by molar-refractivity contribution is 6.47. The van der Waals surface area contributed by atoms with Crippen LogP contribution in [0.25, 0.3) is 0 Å². The van der Waals surface area contributed by atoms with Crippen LogP contribution < -0.4 is 0 Å². The minimum atomic E-state index is -0.284. The third-order valence-corrected chi connectivity index (χ3v) is 8.03. The van der Waals surface area contributed by atoms with Crippen LogP contribution in [-0.4, -0.2) is 25.3 Å². The lowest BCUT2D eigenvalue weighted by molar-refractivity contribution is 0.0324. The van der Waals surface area contributed by atoms with Crippen molar-refractivity contribution in [3.8, 4) is 0 Å². The molecule has 5 rings (SSSR count). The van der Waals surface area contributed by atoms with Crippen LogP contribution >= 0.6 is 0 Å². The Morgan fingerprint density at radius 1 is 0.667 bits per heavy atom. The zero-order valence-corrected chi connectivity index (χ0v) is 19.9. The third kappa shape index (κ3) is 6.09. The Kier molecular flexibility index (Phi) is 8.19. The highest BCUT2D eigenvalue weighted by atomic mass is 16.7. The monoisotopic (exact) mass is 446 g/mol. The van der Waals surface area contributed by atoms with E-state index in [0.717, 1.165) is 6.42 Å². The lowest BCUT2D eigenvalue weighted by Gasteiger charge is -2.35. The molecule has 2 aliphatic carbocycles. The van der Waals surface area contributed by atoms with Crippen molar-refractivity contribution in [3.63, 3.8) is 0 Å². The van der Waals surface area contributed by atoms with Gasteiger partial charge in [0.2, 0.25) is 0 Å². The Hall–Kier alpha value is -1.62. The van der Waals surface area contributed by atoms with Gasteiger partial charge in [0.15, 0.2) is 0 Å². The van der Waals surface area contributed by atoms with E-state index in [2.05, 4.69) is 60.7 Å². The molecule has 2 aromatic carbocycles. The first-order valence-corrected chi connectivity index (χ1v) is 13.4. The fraction of sp³-hybridized carbons (Fsp3) is 0.586. The smallest absolute Gasteiger partial charge is 0.404 e. The van der Waals surface area contributed by atoms with Crippen molar-refractivity contribution < 1.29 is 14.0 Å². The molecule has 0 bridgehead atoms. The van der Waals surface area contributed by atoms with Gasteiger partial charge in [-0.1, -0.05) is 99.2 Å². The van der Waals surface area contributed by atoms with Crippen molar-refractivity contribution in [3.05, 3.63) is 71.8 Å². The maximum Gasteiger partial charge on any atom is 0.488 e. The third-order valence-electron chi connectivity index (χ3n) is 8.03. The lowest BCUT2D eigenvalue weighted by Crippen LogP contribution is -2.38. The maximum atomic E-state index is 6.84. The van der Waals surface area contributed by atoms with Gasteiger partial charge >= 0.3 is 7.12 Å². The summed E-state index contributed by atoms with van der Waals surface area (Å²) < 4.78 is 20.2. The summed E-state index contributed by atoms with van der Waals surface area (Å²) in [7, 11) is -0.284. The fourth-order valence-electron chi connectivity index (χ4n) is 6.21. The topological polar surface area (TPSA) is 27.7 Å². The summed E-state index contributed by atoms with van der Waals surface area (Å²) in [4.78, 5) is 0. The minimum absolute atomic E-state index is 0.104. The average Bonchev–Trinajstić information content (AvgIpc) is 3.34. The first-order valence-electron chi connectivity index (χ1n) is 13.4. The van der Waals surface area contributed by atoms with Crippen molar-refractivity contribution in [2.75, 3.05) is 0 Å². The first kappa shape index (κ1) is 23.1. The van der Waals surface area contributed by atoms with Gasteiger partial charge < -0.3 is 14.0 Å². The van der Waals surface area contributed by atoms with Gasteiger partial charge in [-0.2, -0.15) is 0 Å². The molecule has 0 aromatic heterocycles. The van der Waals surface area contributed by atoms with E-state index in [9.17, 15) is 0 Å². The average molecular weight is 446 g/mol. The van der Waals surface area contributed by atoms with Gasteiger partial charge in [0.05, 0.1) is 24.8 Å². The molecule has 1 aliphatic heterocycles. The maximum absolute atomic E-state index is 6.84. The molecule has 2 saturated carbocycles. The van der Waals surface area contributed by atoms with E-state index in [1.54, 1.807) is 0 Å². The molecule has 0 unspecified atom stereocenters. The number of benzene rings is 2. The molecule has 1 saturated heterocycles. The number of hydrogen-bond acceptors (Lipinski definition) is 3. The molecule has 3 atom stereocenters. The van der Waals surface area contributed by atoms with Crippen LogP contribution in [0.1, 0.15) is 75.3 Å². The molecule has 2 aromatic rings. The van der Waals surface area contributed by atoms with E-state index in [1.807, 2.05) is 0 Å². The summed E-state index contributed by atoms with van der Waals surface area (Å²) in [5, 5.41) is 0. The van der Waals surface area contributed by atoms with Crippen molar-refractivity contribution >= 4 is 7.12 Å². The Labute approximate surface area is 200 Å². The number of ether oxygens (including phenoxy) is 1. The summed E-state index contributed by atoms with van der Waals surface area (Å²) in [6.45, 7) is 0.587. The fourth-order valence-corrected chi connectivity index (χ4v) is 6.21. The van der Waals surface area contributed by atoms with Crippen LogP contribution in [0.3, 0.4) is 0 Å². The van der Waals surface area contributed by atoms with Gasteiger partial charge in [-0.3, -0.25) is 0 Å². The van der Waals surface area contributed by atoms with E-state index in [1.165, 1.54) is 75.3 Å². The molecule has 3 fully saturated rings. The number of hydrogen-bond donors (Lipinski definition) is 0. The summed E-state index contributed by atoms with van der Waals surface area (Å²) >= 11 is 0. The Morgan fingerprint density at radius 2 is 1.15 bits per heavy atom. The van der Waals surface area contributed by atoms with Crippen molar-refractivity contribution in [2.24, 2.45) is 11.8 Å². The predicted octanol–water partition coefficient (Wildman–Crippen LogP) is 6.79. The summed E-state index contributed by atoms with van der Waals surface area (Å²) in [6.07, 6.45) is 14.5. The molecule has 1 heterocycles. The van der Waals surface area contributed by atoms with Gasteiger partial charge in [-0.25, -0.2) is 0 Å².